The van der Waals surface area contributed by atoms with Crippen LogP contribution in [0.25, 0.3) is 0 Å². The largest absolute Gasteiger partial charge is 0.480 e. The summed E-state index contributed by atoms with van der Waals surface area (Å²) in [6.07, 6.45) is 2.19. The number of nitrogens with zero attached hydrogens (tertiary/aromatic N) is 1. The molecule has 1 heterocycles. The van der Waals surface area contributed by atoms with E-state index in [1.165, 1.54) is 0 Å². The minimum absolute atomic E-state index is 0.211. The summed E-state index contributed by atoms with van der Waals surface area (Å²) in [5, 5.41) is 17.4. The second kappa shape index (κ2) is 4.25. The summed E-state index contributed by atoms with van der Waals surface area (Å²) in [6.45, 7) is -0.406. The van der Waals surface area contributed by atoms with Crippen LogP contribution in [0, 0.1) is 0 Å². The summed E-state index contributed by atoms with van der Waals surface area (Å²) >= 11 is 3.30. The standard InChI is InChI=1S/C9H10BrN3O3/c10-6-7(4-1-2-4)12-13-8(6)9(16)11-3-5(14)15/h4H,1-3H2,(H,11,16)(H,12,13)(H,14,15). The van der Waals surface area contributed by atoms with Crippen molar-refractivity contribution in [2.75, 3.05) is 6.54 Å². The number of aromatic nitrogens is 2. The number of hydrogen-bond donors (Lipinski definition) is 3. The van der Waals surface area contributed by atoms with Gasteiger partial charge in [-0.25, -0.2) is 0 Å². The SMILES string of the molecule is O=C(O)CNC(=O)c1n[nH]c(C2CC2)c1Br. The highest BCUT2D eigenvalue weighted by Gasteiger charge is 2.30. The quantitative estimate of drug-likeness (QED) is 0.766. The summed E-state index contributed by atoms with van der Waals surface area (Å²) in [4.78, 5) is 21.8. The van der Waals surface area contributed by atoms with Crippen molar-refractivity contribution in [3.63, 3.8) is 0 Å². The van der Waals surface area contributed by atoms with Gasteiger partial charge in [-0.1, -0.05) is 0 Å². The normalized spacial score (nSPS) is 14.8. The fourth-order valence-corrected chi connectivity index (χ4v) is 2.06. The molecule has 2 rings (SSSR count). The number of aromatic amines is 1. The molecule has 0 bridgehead atoms. The third-order valence-electron chi connectivity index (χ3n) is 2.33. The van der Waals surface area contributed by atoms with Gasteiger partial charge in [-0.3, -0.25) is 14.7 Å². The Morgan fingerprint density at radius 1 is 1.56 bits per heavy atom. The van der Waals surface area contributed by atoms with Crippen LogP contribution < -0.4 is 5.32 Å². The van der Waals surface area contributed by atoms with Crippen LogP contribution in [0.2, 0.25) is 0 Å². The lowest BCUT2D eigenvalue weighted by Crippen LogP contribution is -2.29. The van der Waals surface area contributed by atoms with Crippen LogP contribution in [0.3, 0.4) is 0 Å². The Balaban J connectivity index is 2.08. The molecule has 6 nitrogen and oxygen atoms in total. The van der Waals surface area contributed by atoms with Crippen LogP contribution in [-0.2, 0) is 4.79 Å². The molecule has 0 aliphatic heterocycles. The van der Waals surface area contributed by atoms with Crippen molar-refractivity contribution in [1.29, 1.82) is 0 Å². The van der Waals surface area contributed by atoms with E-state index in [1.54, 1.807) is 0 Å². The van der Waals surface area contributed by atoms with Crippen LogP contribution in [0.1, 0.15) is 34.9 Å². The molecular weight excluding hydrogens is 278 g/mol. The van der Waals surface area contributed by atoms with Crippen molar-refractivity contribution < 1.29 is 14.7 Å². The first-order chi connectivity index (χ1) is 7.59. The maximum atomic E-state index is 11.5. The zero-order valence-corrected chi connectivity index (χ0v) is 9.87. The molecule has 0 atom stereocenters. The molecule has 0 saturated heterocycles. The lowest BCUT2D eigenvalue weighted by molar-refractivity contribution is -0.135. The summed E-state index contributed by atoms with van der Waals surface area (Å²) in [5.41, 5.74) is 1.13. The van der Waals surface area contributed by atoms with Crippen LogP contribution in [-0.4, -0.2) is 33.7 Å². The first-order valence-electron chi connectivity index (χ1n) is 4.83. The van der Waals surface area contributed by atoms with Crippen LogP contribution >= 0.6 is 15.9 Å². The molecular formula is C9H10BrN3O3. The number of rotatable bonds is 4. The van der Waals surface area contributed by atoms with Gasteiger partial charge in [0.1, 0.15) is 6.54 Å². The fourth-order valence-electron chi connectivity index (χ4n) is 1.37. The molecule has 7 heteroatoms. The van der Waals surface area contributed by atoms with E-state index in [4.69, 9.17) is 5.11 Å². The number of aliphatic carboxylic acids is 1. The van der Waals surface area contributed by atoms with E-state index >= 15 is 0 Å². The molecule has 86 valence electrons. The van der Waals surface area contributed by atoms with Crippen molar-refractivity contribution in [2.24, 2.45) is 0 Å². The fraction of sp³-hybridized carbons (Fsp3) is 0.444. The minimum atomic E-state index is -1.08. The van der Waals surface area contributed by atoms with Gasteiger partial charge in [0.25, 0.3) is 5.91 Å². The molecule has 1 saturated carbocycles. The molecule has 0 radical (unpaired) electrons. The Hall–Kier alpha value is -1.37. The number of nitrogens with one attached hydrogen (secondary N) is 2. The van der Waals surface area contributed by atoms with E-state index in [1.807, 2.05) is 0 Å². The van der Waals surface area contributed by atoms with Gasteiger partial charge in [0.15, 0.2) is 5.69 Å². The monoisotopic (exact) mass is 287 g/mol. The topological polar surface area (TPSA) is 95.1 Å². The zero-order chi connectivity index (χ0) is 11.7. The van der Waals surface area contributed by atoms with Crippen LogP contribution in [0.15, 0.2) is 4.47 Å². The van der Waals surface area contributed by atoms with E-state index < -0.39 is 18.4 Å². The van der Waals surface area contributed by atoms with Gasteiger partial charge < -0.3 is 10.4 Å². The lowest BCUT2D eigenvalue weighted by atomic mass is 10.2. The van der Waals surface area contributed by atoms with Crippen molar-refractivity contribution in [3.05, 3.63) is 15.9 Å². The van der Waals surface area contributed by atoms with E-state index in [0.717, 1.165) is 18.5 Å². The van der Waals surface area contributed by atoms with E-state index in [9.17, 15) is 9.59 Å². The number of carbonyl (C=O) groups is 2. The number of carbonyl (C=O) groups excluding carboxylic acids is 1. The Morgan fingerprint density at radius 3 is 2.81 bits per heavy atom. The van der Waals surface area contributed by atoms with Crippen molar-refractivity contribution in [2.45, 2.75) is 18.8 Å². The molecule has 0 aromatic carbocycles. The van der Waals surface area contributed by atoms with Gasteiger partial charge in [0, 0.05) is 5.92 Å². The van der Waals surface area contributed by atoms with Gasteiger partial charge in [0.05, 0.1) is 10.2 Å². The number of carboxylic acids is 1. The highest BCUT2D eigenvalue weighted by atomic mass is 79.9. The first kappa shape index (κ1) is 11.1. The molecule has 1 aromatic rings. The maximum absolute atomic E-state index is 11.5. The number of H-pyrrole nitrogens is 1. The molecule has 1 aliphatic rings. The predicted octanol–water partition coefficient (Wildman–Crippen LogP) is 0.864. The first-order valence-corrected chi connectivity index (χ1v) is 5.62. The molecule has 0 spiro atoms. The summed E-state index contributed by atoms with van der Waals surface area (Å²) in [7, 11) is 0. The van der Waals surface area contributed by atoms with Crippen LogP contribution in [0.4, 0.5) is 0 Å². The van der Waals surface area contributed by atoms with E-state index in [0.29, 0.717) is 10.4 Å². The van der Waals surface area contributed by atoms with Crippen molar-refractivity contribution >= 4 is 27.8 Å². The summed E-state index contributed by atoms with van der Waals surface area (Å²) < 4.78 is 0.637. The second-order valence-electron chi connectivity index (χ2n) is 3.65. The molecule has 1 amide bonds. The third kappa shape index (κ3) is 2.24. The number of halogens is 1. The second-order valence-corrected chi connectivity index (χ2v) is 4.44. The molecule has 16 heavy (non-hydrogen) atoms. The number of carboxylic acid groups (broad SMARTS) is 1. The molecule has 1 aromatic heterocycles. The minimum Gasteiger partial charge on any atom is -0.480 e. The summed E-state index contributed by atoms with van der Waals surface area (Å²) in [6, 6.07) is 0. The molecule has 1 aliphatic carbocycles. The Bertz CT molecular complexity index is 439. The average Bonchev–Trinajstić information content (AvgIpc) is 2.99. The highest BCUT2D eigenvalue weighted by Crippen LogP contribution is 2.42. The van der Waals surface area contributed by atoms with E-state index in [-0.39, 0.29) is 5.69 Å². The van der Waals surface area contributed by atoms with Crippen molar-refractivity contribution in [3.8, 4) is 0 Å². The number of amides is 1. The molecule has 3 N–H and O–H groups in total. The highest BCUT2D eigenvalue weighted by molar-refractivity contribution is 9.10. The van der Waals surface area contributed by atoms with Crippen LogP contribution in [0.5, 0.6) is 0 Å². The molecule has 1 fully saturated rings. The van der Waals surface area contributed by atoms with Gasteiger partial charge in [-0.2, -0.15) is 5.10 Å². The predicted molar refractivity (Wildman–Crippen MR) is 58.2 cm³/mol. The van der Waals surface area contributed by atoms with Gasteiger partial charge in [0.2, 0.25) is 0 Å². The Morgan fingerprint density at radius 2 is 2.25 bits per heavy atom. The average molecular weight is 288 g/mol. The Labute approximate surface area is 99.5 Å². The third-order valence-corrected chi connectivity index (χ3v) is 3.14. The van der Waals surface area contributed by atoms with Gasteiger partial charge >= 0.3 is 5.97 Å². The van der Waals surface area contributed by atoms with E-state index in [2.05, 4.69) is 31.4 Å². The number of hydrogen-bond acceptors (Lipinski definition) is 3. The van der Waals surface area contributed by atoms with Crippen molar-refractivity contribution in [1.82, 2.24) is 15.5 Å². The zero-order valence-electron chi connectivity index (χ0n) is 8.29. The van der Waals surface area contributed by atoms with Gasteiger partial charge in [-0.05, 0) is 28.8 Å². The maximum Gasteiger partial charge on any atom is 0.322 e. The Kier molecular flexibility index (Phi) is 2.95. The van der Waals surface area contributed by atoms with Gasteiger partial charge in [-0.15, -0.1) is 0 Å². The molecule has 0 unspecified atom stereocenters. The lowest BCUT2D eigenvalue weighted by Gasteiger charge is -1.99. The smallest absolute Gasteiger partial charge is 0.322 e. The summed E-state index contributed by atoms with van der Waals surface area (Å²) in [5.74, 6) is -1.12.